The van der Waals surface area contributed by atoms with Crippen molar-refractivity contribution in [2.24, 2.45) is 0 Å². The van der Waals surface area contributed by atoms with Crippen LogP contribution in [0.5, 0.6) is 0 Å². The van der Waals surface area contributed by atoms with Crippen LogP contribution in [0.4, 0.5) is 4.79 Å². The molecule has 0 unspecified atom stereocenters. The quantitative estimate of drug-likeness (QED) is 0.865. The topological polar surface area (TPSA) is 45.2 Å². The highest BCUT2D eigenvalue weighted by Gasteiger charge is 2.31. The van der Waals surface area contributed by atoms with Crippen molar-refractivity contribution in [3.05, 3.63) is 30.1 Å². The maximum absolute atomic E-state index is 12.6. The average Bonchev–Trinajstić information content (AvgIpc) is 2.98. The number of pyridine rings is 1. The second-order valence-corrected chi connectivity index (χ2v) is 7.73. The Morgan fingerprint density at radius 1 is 1.45 bits per heavy atom. The number of hydrogen-bond acceptors (Lipinski definition) is 3. The fraction of sp³-hybridized carbons (Fsp3) is 0.647. The Morgan fingerprint density at radius 2 is 2.18 bits per heavy atom. The van der Waals surface area contributed by atoms with E-state index < -0.39 is 0 Å². The number of hydrogen-bond donors (Lipinski definition) is 1. The predicted octanol–water partition coefficient (Wildman–Crippen LogP) is 3.85. The normalized spacial score (nSPS) is 22.3. The van der Waals surface area contributed by atoms with Gasteiger partial charge in [0.05, 0.1) is 6.04 Å². The van der Waals surface area contributed by atoms with Crippen LogP contribution < -0.4 is 5.32 Å². The van der Waals surface area contributed by atoms with E-state index in [1.54, 1.807) is 12.4 Å². The second kappa shape index (κ2) is 7.86. The van der Waals surface area contributed by atoms with Gasteiger partial charge in [0.25, 0.3) is 0 Å². The van der Waals surface area contributed by atoms with Crippen molar-refractivity contribution in [3.8, 4) is 0 Å². The Hall–Kier alpha value is -1.23. The molecule has 1 saturated heterocycles. The van der Waals surface area contributed by atoms with Crippen LogP contribution in [0.3, 0.4) is 0 Å². The first-order valence-corrected chi connectivity index (χ1v) is 9.16. The number of aromatic nitrogens is 1. The van der Waals surface area contributed by atoms with Gasteiger partial charge in [0.2, 0.25) is 0 Å². The fourth-order valence-corrected chi connectivity index (χ4v) is 4.31. The average molecular weight is 321 g/mol. The zero-order chi connectivity index (χ0) is 16.0. The van der Waals surface area contributed by atoms with E-state index in [1.807, 2.05) is 35.7 Å². The molecule has 2 heterocycles. The van der Waals surface area contributed by atoms with Gasteiger partial charge in [-0.25, -0.2) is 4.79 Å². The van der Waals surface area contributed by atoms with Gasteiger partial charge in [-0.2, -0.15) is 11.8 Å². The van der Waals surface area contributed by atoms with E-state index in [1.165, 1.54) is 18.6 Å². The van der Waals surface area contributed by atoms with Gasteiger partial charge in [0.15, 0.2) is 0 Å². The molecular weight excluding hydrogens is 294 g/mol. The molecule has 22 heavy (non-hydrogen) atoms. The third-order valence-corrected chi connectivity index (χ3v) is 5.91. The van der Waals surface area contributed by atoms with Crippen molar-refractivity contribution in [2.75, 3.05) is 18.8 Å². The molecule has 122 valence electrons. The third kappa shape index (κ3) is 4.15. The summed E-state index contributed by atoms with van der Waals surface area (Å²) in [5.41, 5.74) is 1.15. The molecule has 1 aromatic rings. The van der Waals surface area contributed by atoms with E-state index in [-0.39, 0.29) is 16.8 Å². The predicted molar refractivity (Wildman–Crippen MR) is 93.1 cm³/mol. The zero-order valence-electron chi connectivity index (χ0n) is 13.8. The van der Waals surface area contributed by atoms with E-state index >= 15 is 0 Å². The molecule has 2 amide bonds. The molecule has 5 heteroatoms. The number of nitrogens with one attached hydrogen (secondary N) is 1. The minimum atomic E-state index is 0.0416. The van der Waals surface area contributed by atoms with Gasteiger partial charge in [-0.3, -0.25) is 4.98 Å². The van der Waals surface area contributed by atoms with Crippen molar-refractivity contribution in [2.45, 2.75) is 50.8 Å². The Kier molecular flexibility index (Phi) is 6.12. The number of carbonyl (C=O) groups excluding carboxylic acids is 1. The standard InChI is InChI=1S/C17H27N3OS/c1-4-15(14-7-10-18-11-8-14)20(5-2)16(21)19-13-17(3)9-6-12-22-17/h7-8,10-11,15H,4-6,9,12-13H2,1-3H3,(H,19,21)/t15-,17-/m1/s1. The number of nitrogens with zero attached hydrogens (tertiary/aromatic N) is 2. The number of thioether (sulfide) groups is 1. The molecule has 2 rings (SSSR count). The second-order valence-electron chi connectivity index (χ2n) is 6.05. The van der Waals surface area contributed by atoms with E-state index in [9.17, 15) is 4.79 Å². The van der Waals surface area contributed by atoms with Crippen molar-refractivity contribution in [1.82, 2.24) is 15.2 Å². The number of amides is 2. The van der Waals surface area contributed by atoms with E-state index in [2.05, 4.69) is 24.1 Å². The van der Waals surface area contributed by atoms with Gasteiger partial charge in [-0.05, 0) is 56.6 Å². The van der Waals surface area contributed by atoms with Crippen LogP contribution in [0.25, 0.3) is 0 Å². The van der Waals surface area contributed by atoms with Gasteiger partial charge < -0.3 is 10.2 Å². The largest absolute Gasteiger partial charge is 0.337 e. The van der Waals surface area contributed by atoms with Crippen molar-refractivity contribution >= 4 is 17.8 Å². The molecule has 1 aliphatic rings. The first-order valence-electron chi connectivity index (χ1n) is 8.18. The summed E-state index contributed by atoms with van der Waals surface area (Å²) in [5.74, 6) is 1.21. The summed E-state index contributed by atoms with van der Waals surface area (Å²) in [6.07, 6.45) is 6.92. The first kappa shape index (κ1) is 17.1. The smallest absolute Gasteiger partial charge is 0.317 e. The van der Waals surface area contributed by atoms with Crippen LogP contribution in [-0.4, -0.2) is 39.5 Å². The van der Waals surface area contributed by atoms with Gasteiger partial charge in [-0.15, -0.1) is 0 Å². The molecule has 2 atom stereocenters. The summed E-state index contributed by atoms with van der Waals surface area (Å²) in [7, 11) is 0. The monoisotopic (exact) mass is 321 g/mol. The summed E-state index contributed by atoms with van der Waals surface area (Å²) in [5, 5.41) is 3.15. The van der Waals surface area contributed by atoms with Crippen molar-refractivity contribution < 1.29 is 4.79 Å². The summed E-state index contributed by atoms with van der Waals surface area (Å²) < 4.78 is 0.202. The summed E-state index contributed by atoms with van der Waals surface area (Å²) >= 11 is 1.98. The molecule has 0 aromatic carbocycles. The molecule has 1 N–H and O–H groups in total. The molecule has 1 fully saturated rings. The minimum absolute atomic E-state index is 0.0416. The van der Waals surface area contributed by atoms with Crippen LogP contribution in [-0.2, 0) is 0 Å². The molecule has 0 spiro atoms. The molecular formula is C17H27N3OS. The van der Waals surface area contributed by atoms with Crippen LogP contribution >= 0.6 is 11.8 Å². The van der Waals surface area contributed by atoms with Gasteiger partial charge >= 0.3 is 6.03 Å². The molecule has 0 aliphatic carbocycles. The molecule has 0 radical (unpaired) electrons. The molecule has 1 aliphatic heterocycles. The third-order valence-electron chi connectivity index (χ3n) is 4.37. The zero-order valence-corrected chi connectivity index (χ0v) is 14.7. The minimum Gasteiger partial charge on any atom is -0.337 e. The van der Waals surface area contributed by atoms with Crippen LogP contribution in [0.1, 0.15) is 51.6 Å². The summed E-state index contributed by atoms with van der Waals surface area (Å²) in [6.45, 7) is 7.86. The highest BCUT2D eigenvalue weighted by molar-refractivity contribution is 8.00. The highest BCUT2D eigenvalue weighted by Crippen LogP contribution is 2.37. The maximum atomic E-state index is 12.6. The molecule has 0 bridgehead atoms. The SMILES string of the molecule is CC[C@H](c1ccncc1)N(CC)C(=O)NC[C@@]1(C)CCCS1. The van der Waals surface area contributed by atoms with E-state index in [0.29, 0.717) is 6.54 Å². The molecule has 4 nitrogen and oxygen atoms in total. The van der Waals surface area contributed by atoms with E-state index in [4.69, 9.17) is 0 Å². The van der Waals surface area contributed by atoms with Crippen molar-refractivity contribution in [1.29, 1.82) is 0 Å². The Balaban J connectivity index is 2.01. The van der Waals surface area contributed by atoms with Gasteiger partial charge in [-0.1, -0.05) is 6.92 Å². The number of rotatable bonds is 6. The Labute approximate surface area is 138 Å². The highest BCUT2D eigenvalue weighted by atomic mass is 32.2. The number of urea groups is 1. The van der Waals surface area contributed by atoms with Crippen LogP contribution in [0.15, 0.2) is 24.5 Å². The summed E-state index contributed by atoms with van der Waals surface area (Å²) in [4.78, 5) is 18.6. The van der Waals surface area contributed by atoms with Crippen molar-refractivity contribution in [3.63, 3.8) is 0 Å². The first-order chi connectivity index (χ1) is 10.6. The number of carbonyl (C=O) groups is 1. The van der Waals surface area contributed by atoms with Crippen LogP contribution in [0.2, 0.25) is 0 Å². The lowest BCUT2D eigenvalue weighted by Gasteiger charge is -2.32. The lowest BCUT2D eigenvalue weighted by atomic mass is 10.0. The Bertz CT molecular complexity index is 474. The van der Waals surface area contributed by atoms with E-state index in [0.717, 1.165) is 18.5 Å². The van der Waals surface area contributed by atoms with Gasteiger partial charge in [0.1, 0.15) is 0 Å². The van der Waals surface area contributed by atoms with Gasteiger partial charge in [0, 0.05) is 30.2 Å². The molecule has 1 aromatic heterocycles. The Morgan fingerprint density at radius 3 is 2.73 bits per heavy atom. The fourth-order valence-electron chi connectivity index (χ4n) is 3.07. The summed E-state index contributed by atoms with van der Waals surface area (Å²) in [6, 6.07) is 4.15. The molecule has 0 saturated carbocycles. The lowest BCUT2D eigenvalue weighted by Crippen LogP contribution is -2.46. The van der Waals surface area contributed by atoms with Crippen LogP contribution in [0, 0.1) is 0 Å². The lowest BCUT2D eigenvalue weighted by molar-refractivity contribution is 0.175. The maximum Gasteiger partial charge on any atom is 0.317 e.